The first-order chi connectivity index (χ1) is 7.56. The highest BCUT2D eigenvalue weighted by Gasteiger charge is 2.20. The predicted octanol–water partition coefficient (Wildman–Crippen LogP) is 1.63. The van der Waals surface area contributed by atoms with Gasteiger partial charge in [-0.15, -0.1) is 0 Å². The number of nitro benzene ring substituents is 1. The Kier molecular flexibility index (Phi) is 4.39. The minimum Gasteiger partial charge on any atom is -0.388 e. The maximum Gasteiger partial charge on any atom is 0.275 e. The second-order valence-corrected chi connectivity index (χ2v) is 3.76. The topological polar surface area (TPSA) is 75.4 Å². The van der Waals surface area contributed by atoms with Gasteiger partial charge in [-0.25, -0.2) is 0 Å². The number of nitrogens with one attached hydrogen (secondary N) is 1. The molecule has 0 fully saturated rings. The Hall–Kier alpha value is -1.46. The molecule has 0 saturated heterocycles. The van der Waals surface area contributed by atoms with E-state index in [9.17, 15) is 15.2 Å². The Balaban J connectivity index is 2.90. The van der Waals surface area contributed by atoms with Crippen LogP contribution in [0.15, 0.2) is 24.3 Å². The van der Waals surface area contributed by atoms with Crippen LogP contribution in [0, 0.1) is 10.1 Å². The van der Waals surface area contributed by atoms with Crippen molar-refractivity contribution in [1.82, 2.24) is 5.32 Å². The summed E-state index contributed by atoms with van der Waals surface area (Å²) in [5.41, 5.74) is 0.341. The van der Waals surface area contributed by atoms with E-state index < -0.39 is 11.0 Å². The smallest absolute Gasteiger partial charge is 0.275 e. The van der Waals surface area contributed by atoms with Crippen LogP contribution in [0.1, 0.15) is 25.0 Å². The number of rotatable bonds is 5. The van der Waals surface area contributed by atoms with Crippen LogP contribution in [0.2, 0.25) is 0 Å². The summed E-state index contributed by atoms with van der Waals surface area (Å²) >= 11 is 0. The van der Waals surface area contributed by atoms with Gasteiger partial charge in [0, 0.05) is 12.1 Å². The number of nitro groups is 1. The molecule has 0 amide bonds. The summed E-state index contributed by atoms with van der Waals surface area (Å²) in [6.07, 6.45) is -0.370. The molecule has 0 bridgehead atoms. The van der Waals surface area contributed by atoms with Crippen LogP contribution in [0.4, 0.5) is 5.69 Å². The Morgan fingerprint density at radius 3 is 2.69 bits per heavy atom. The minimum atomic E-state index is -0.816. The van der Waals surface area contributed by atoms with Crippen molar-refractivity contribution in [2.24, 2.45) is 0 Å². The molecule has 88 valence electrons. The number of benzene rings is 1. The van der Waals surface area contributed by atoms with Crippen LogP contribution in [0.5, 0.6) is 0 Å². The summed E-state index contributed by atoms with van der Waals surface area (Å²) in [5.74, 6) is 0. The van der Waals surface area contributed by atoms with Gasteiger partial charge in [-0.1, -0.05) is 12.1 Å². The van der Waals surface area contributed by atoms with E-state index in [1.807, 2.05) is 6.92 Å². The second-order valence-electron chi connectivity index (χ2n) is 3.76. The lowest BCUT2D eigenvalue weighted by atomic mass is 10.0. The zero-order valence-corrected chi connectivity index (χ0v) is 9.38. The Bertz CT molecular complexity index is 368. The molecular weight excluding hydrogens is 208 g/mol. The normalized spacial score (nSPS) is 14.4. The first-order valence-electron chi connectivity index (χ1n) is 5.15. The first kappa shape index (κ1) is 12.6. The van der Waals surface area contributed by atoms with Crippen molar-refractivity contribution >= 4 is 5.69 Å². The summed E-state index contributed by atoms with van der Waals surface area (Å²) in [6, 6.07) is 6.38. The molecule has 16 heavy (non-hydrogen) atoms. The fraction of sp³-hybridized carbons (Fsp3) is 0.455. The molecule has 0 aromatic heterocycles. The lowest BCUT2D eigenvalue weighted by Gasteiger charge is -2.15. The molecule has 0 spiro atoms. The highest BCUT2D eigenvalue weighted by atomic mass is 16.6. The van der Waals surface area contributed by atoms with E-state index in [0.29, 0.717) is 12.0 Å². The van der Waals surface area contributed by atoms with Gasteiger partial charge in [0.1, 0.15) is 0 Å². The van der Waals surface area contributed by atoms with E-state index in [1.165, 1.54) is 6.07 Å². The number of hydrogen-bond donors (Lipinski definition) is 2. The van der Waals surface area contributed by atoms with Crippen molar-refractivity contribution < 1.29 is 10.0 Å². The molecule has 1 aromatic rings. The van der Waals surface area contributed by atoms with E-state index in [1.54, 1.807) is 25.2 Å². The molecule has 1 rings (SSSR count). The summed E-state index contributed by atoms with van der Waals surface area (Å²) < 4.78 is 0. The molecule has 2 atom stereocenters. The highest BCUT2D eigenvalue weighted by molar-refractivity contribution is 5.41. The van der Waals surface area contributed by atoms with Gasteiger partial charge in [-0.05, 0) is 26.5 Å². The molecule has 0 aliphatic heterocycles. The van der Waals surface area contributed by atoms with Crippen LogP contribution in [-0.4, -0.2) is 23.1 Å². The molecule has 0 radical (unpaired) electrons. The van der Waals surface area contributed by atoms with Crippen molar-refractivity contribution in [2.45, 2.75) is 25.5 Å². The third-order valence-electron chi connectivity index (χ3n) is 2.56. The van der Waals surface area contributed by atoms with E-state index in [4.69, 9.17) is 0 Å². The molecule has 5 heteroatoms. The van der Waals surface area contributed by atoms with Crippen molar-refractivity contribution in [3.8, 4) is 0 Å². The van der Waals surface area contributed by atoms with Crippen molar-refractivity contribution in [1.29, 1.82) is 0 Å². The Morgan fingerprint density at radius 2 is 2.12 bits per heavy atom. The fourth-order valence-electron chi connectivity index (χ4n) is 1.52. The molecule has 2 N–H and O–H groups in total. The average molecular weight is 224 g/mol. The van der Waals surface area contributed by atoms with E-state index in [-0.39, 0.29) is 11.7 Å². The molecule has 2 unspecified atom stereocenters. The molecule has 0 aliphatic rings. The molecule has 0 saturated carbocycles. The van der Waals surface area contributed by atoms with Gasteiger partial charge in [-0.3, -0.25) is 10.1 Å². The third kappa shape index (κ3) is 3.01. The zero-order chi connectivity index (χ0) is 12.1. The van der Waals surface area contributed by atoms with Crippen LogP contribution in [0.25, 0.3) is 0 Å². The van der Waals surface area contributed by atoms with E-state index in [0.717, 1.165) is 0 Å². The maximum atomic E-state index is 10.8. The fourth-order valence-corrected chi connectivity index (χ4v) is 1.52. The average Bonchev–Trinajstić information content (AvgIpc) is 2.28. The summed E-state index contributed by atoms with van der Waals surface area (Å²) in [7, 11) is 1.79. The lowest BCUT2D eigenvalue weighted by molar-refractivity contribution is -0.386. The predicted molar refractivity (Wildman–Crippen MR) is 61.2 cm³/mol. The number of aliphatic hydroxyl groups excluding tert-OH is 1. The van der Waals surface area contributed by atoms with Crippen LogP contribution < -0.4 is 5.32 Å². The lowest BCUT2D eigenvalue weighted by Crippen LogP contribution is -2.23. The number of hydrogen-bond acceptors (Lipinski definition) is 4. The zero-order valence-electron chi connectivity index (χ0n) is 9.38. The van der Waals surface area contributed by atoms with Crippen LogP contribution in [-0.2, 0) is 0 Å². The SMILES string of the molecule is CNC(C)CC(O)c1ccccc1[N+](=O)[O-]. The Labute approximate surface area is 94.3 Å². The largest absolute Gasteiger partial charge is 0.388 e. The molecule has 5 nitrogen and oxygen atoms in total. The van der Waals surface area contributed by atoms with Gasteiger partial charge in [-0.2, -0.15) is 0 Å². The van der Waals surface area contributed by atoms with E-state index >= 15 is 0 Å². The summed E-state index contributed by atoms with van der Waals surface area (Å²) in [6.45, 7) is 1.91. The first-order valence-corrected chi connectivity index (χ1v) is 5.15. The number of para-hydroxylation sites is 1. The Morgan fingerprint density at radius 1 is 1.50 bits per heavy atom. The van der Waals surface area contributed by atoms with Crippen LogP contribution >= 0.6 is 0 Å². The third-order valence-corrected chi connectivity index (χ3v) is 2.56. The monoisotopic (exact) mass is 224 g/mol. The number of nitrogens with zero attached hydrogens (tertiary/aromatic N) is 1. The van der Waals surface area contributed by atoms with E-state index in [2.05, 4.69) is 5.32 Å². The summed E-state index contributed by atoms with van der Waals surface area (Å²) in [4.78, 5) is 10.3. The summed E-state index contributed by atoms with van der Waals surface area (Å²) in [5, 5.41) is 23.7. The van der Waals surface area contributed by atoms with Crippen molar-refractivity contribution in [3.05, 3.63) is 39.9 Å². The van der Waals surface area contributed by atoms with Crippen LogP contribution in [0.3, 0.4) is 0 Å². The standard InChI is InChI=1S/C11H16N2O3/c1-8(12-2)7-11(14)9-5-3-4-6-10(9)13(15)16/h3-6,8,11-12,14H,7H2,1-2H3. The molecule has 1 aromatic carbocycles. The van der Waals surface area contributed by atoms with Gasteiger partial charge in [0.05, 0.1) is 16.6 Å². The van der Waals surface area contributed by atoms with Crippen molar-refractivity contribution in [2.75, 3.05) is 7.05 Å². The van der Waals surface area contributed by atoms with Gasteiger partial charge < -0.3 is 10.4 Å². The molecule has 0 aliphatic carbocycles. The van der Waals surface area contributed by atoms with Crippen molar-refractivity contribution in [3.63, 3.8) is 0 Å². The van der Waals surface area contributed by atoms with Gasteiger partial charge in [0.15, 0.2) is 0 Å². The van der Waals surface area contributed by atoms with Gasteiger partial charge in [0.2, 0.25) is 0 Å². The molecule has 0 heterocycles. The second kappa shape index (κ2) is 5.58. The number of aliphatic hydroxyl groups is 1. The van der Waals surface area contributed by atoms with Gasteiger partial charge >= 0.3 is 0 Å². The molecular formula is C11H16N2O3. The van der Waals surface area contributed by atoms with Gasteiger partial charge in [0.25, 0.3) is 5.69 Å². The highest BCUT2D eigenvalue weighted by Crippen LogP contribution is 2.27. The maximum absolute atomic E-state index is 10.8. The quantitative estimate of drug-likeness (QED) is 0.588. The minimum absolute atomic E-state index is 0.0293.